The molecule has 126 valence electrons. The number of hydrogen-bond acceptors (Lipinski definition) is 3. The lowest BCUT2D eigenvalue weighted by Gasteiger charge is -2.32. The van der Waals surface area contributed by atoms with Crippen LogP contribution in [0.3, 0.4) is 0 Å². The Hall–Kier alpha value is -0.170. The standard InChI is InChI=1S/C15H33N3O2S/c1-5-6-7-14(4)17-21(19,20)18-10-8-15(9-11-18)12-16-13(2)3/h13-17H,5-12H2,1-4H3. The van der Waals surface area contributed by atoms with Crippen molar-refractivity contribution in [3.63, 3.8) is 0 Å². The van der Waals surface area contributed by atoms with Crippen molar-refractivity contribution < 1.29 is 8.42 Å². The van der Waals surface area contributed by atoms with Crippen LogP contribution in [-0.4, -0.2) is 44.4 Å². The maximum atomic E-state index is 12.3. The summed E-state index contributed by atoms with van der Waals surface area (Å²) >= 11 is 0. The van der Waals surface area contributed by atoms with Gasteiger partial charge in [0.15, 0.2) is 0 Å². The van der Waals surface area contributed by atoms with E-state index in [1.54, 1.807) is 4.31 Å². The number of nitrogens with zero attached hydrogens (tertiary/aromatic N) is 1. The fourth-order valence-electron chi connectivity index (χ4n) is 2.65. The second kappa shape index (κ2) is 9.08. The third-order valence-corrected chi connectivity index (χ3v) is 5.81. The number of piperidine rings is 1. The van der Waals surface area contributed by atoms with Gasteiger partial charge in [0.25, 0.3) is 10.2 Å². The van der Waals surface area contributed by atoms with Crippen LogP contribution in [0.15, 0.2) is 0 Å². The molecule has 1 atom stereocenters. The van der Waals surface area contributed by atoms with Crippen molar-refractivity contribution in [1.29, 1.82) is 0 Å². The quantitative estimate of drug-likeness (QED) is 0.684. The van der Waals surface area contributed by atoms with E-state index in [1.807, 2.05) is 6.92 Å². The van der Waals surface area contributed by atoms with Crippen LogP contribution < -0.4 is 10.0 Å². The van der Waals surface area contributed by atoms with Gasteiger partial charge in [-0.2, -0.15) is 17.4 Å². The summed E-state index contributed by atoms with van der Waals surface area (Å²) in [5.41, 5.74) is 0. The zero-order valence-electron chi connectivity index (χ0n) is 14.1. The Balaban J connectivity index is 2.37. The maximum absolute atomic E-state index is 12.3. The van der Waals surface area contributed by atoms with E-state index in [2.05, 4.69) is 30.8 Å². The molecule has 1 saturated heterocycles. The fraction of sp³-hybridized carbons (Fsp3) is 1.00. The van der Waals surface area contributed by atoms with Crippen molar-refractivity contribution in [3.8, 4) is 0 Å². The first-order valence-corrected chi connectivity index (χ1v) is 9.80. The van der Waals surface area contributed by atoms with Crippen molar-refractivity contribution in [2.24, 2.45) is 5.92 Å². The Labute approximate surface area is 131 Å². The third kappa shape index (κ3) is 7.08. The molecule has 5 nitrogen and oxygen atoms in total. The molecule has 0 radical (unpaired) electrons. The van der Waals surface area contributed by atoms with E-state index >= 15 is 0 Å². The highest BCUT2D eigenvalue weighted by atomic mass is 32.2. The van der Waals surface area contributed by atoms with Gasteiger partial charge in [-0.3, -0.25) is 0 Å². The van der Waals surface area contributed by atoms with E-state index in [0.717, 1.165) is 38.6 Å². The predicted molar refractivity (Wildman–Crippen MR) is 88.5 cm³/mol. The fourth-order valence-corrected chi connectivity index (χ4v) is 4.12. The van der Waals surface area contributed by atoms with Crippen LogP contribution in [0.4, 0.5) is 0 Å². The summed E-state index contributed by atoms with van der Waals surface area (Å²) in [6, 6.07) is 0.517. The molecule has 0 spiro atoms. The van der Waals surface area contributed by atoms with E-state index in [-0.39, 0.29) is 6.04 Å². The van der Waals surface area contributed by atoms with Crippen molar-refractivity contribution >= 4 is 10.2 Å². The summed E-state index contributed by atoms with van der Waals surface area (Å²) in [6.07, 6.45) is 4.96. The topological polar surface area (TPSA) is 61.4 Å². The van der Waals surface area contributed by atoms with Crippen molar-refractivity contribution in [2.75, 3.05) is 19.6 Å². The Morgan fingerprint density at radius 1 is 1.19 bits per heavy atom. The van der Waals surface area contributed by atoms with Gasteiger partial charge in [0, 0.05) is 25.2 Å². The Morgan fingerprint density at radius 2 is 1.81 bits per heavy atom. The average Bonchev–Trinajstić information content (AvgIpc) is 2.43. The minimum Gasteiger partial charge on any atom is -0.314 e. The lowest BCUT2D eigenvalue weighted by atomic mass is 9.98. The van der Waals surface area contributed by atoms with Crippen molar-refractivity contribution in [2.45, 2.75) is 71.9 Å². The van der Waals surface area contributed by atoms with Crippen molar-refractivity contribution in [3.05, 3.63) is 0 Å². The monoisotopic (exact) mass is 319 g/mol. The van der Waals surface area contributed by atoms with Crippen LogP contribution in [0, 0.1) is 5.92 Å². The summed E-state index contributed by atoms with van der Waals surface area (Å²) in [5, 5.41) is 3.44. The molecule has 0 aliphatic carbocycles. The largest absolute Gasteiger partial charge is 0.314 e. The molecule has 0 aromatic heterocycles. The first-order chi connectivity index (χ1) is 9.85. The lowest BCUT2D eigenvalue weighted by Crippen LogP contribution is -2.48. The molecule has 1 unspecified atom stereocenters. The number of nitrogens with one attached hydrogen (secondary N) is 2. The molecule has 0 amide bonds. The zero-order chi connectivity index (χ0) is 15.9. The minimum atomic E-state index is -3.30. The molecule has 21 heavy (non-hydrogen) atoms. The zero-order valence-corrected chi connectivity index (χ0v) is 14.9. The molecule has 0 aromatic carbocycles. The highest BCUT2D eigenvalue weighted by Gasteiger charge is 2.28. The van der Waals surface area contributed by atoms with Crippen LogP contribution in [0.25, 0.3) is 0 Å². The molecule has 1 aliphatic heterocycles. The normalized spacial score (nSPS) is 20.0. The molecule has 6 heteroatoms. The van der Waals surface area contributed by atoms with Crippen LogP contribution >= 0.6 is 0 Å². The summed E-state index contributed by atoms with van der Waals surface area (Å²) in [4.78, 5) is 0. The Morgan fingerprint density at radius 3 is 2.33 bits per heavy atom. The Kier molecular flexibility index (Phi) is 8.16. The van der Waals surface area contributed by atoms with Crippen LogP contribution in [0.1, 0.15) is 59.8 Å². The van der Waals surface area contributed by atoms with Gasteiger partial charge in [0.2, 0.25) is 0 Å². The summed E-state index contributed by atoms with van der Waals surface area (Å²) in [5.74, 6) is 0.594. The van der Waals surface area contributed by atoms with Crippen LogP contribution in [0.2, 0.25) is 0 Å². The maximum Gasteiger partial charge on any atom is 0.279 e. The average molecular weight is 320 g/mol. The van der Waals surface area contributed by atoms with Crippen molar-refractivity contribution in [1.82, 2.24) is 14.3 Å². The van der Waals surface area contributed by atoms with E-state index < -0.39 is 10.2 Å². The van der Waals surface area contributed by atoms with E-state index in [0.29, 0.717) is 25.0 Å². The lowest BCUT2D eigenvalue weighted by molar-refractivity contribution is 0.260. The number of hydrogen-bond donors (Lipinski definition) is 2. The Bertz CT molecular complexity index is 376. The molecule has 0 aromatic rings. The van der Waals surface area contributed by atoms with Gasteiger partial charge in [-0.25, -0.2) is 0 Å². The first-order valence-electron chi connectivity index (χ1n) is 8.36. The van der Waals surface area contributed by atoms with Gasteiger partial charge in [-0.05, 0) is 38.6 Å². The summed E-state index contributed by atoms with van der Waals surface area (Å²) in [7, 11) is -3.30. The first kappa shape index (κ1) is 18.9. The SMILES string of the molecule is CCCCC(C)NS(=O)(=O)N1CCC(CNC(C)C)CC1. The smallest absolute Gasteiger partial charge is 0.279 e. The molecule has 2 N–H and O–H groups in total. The van der Waals surface area contributed by atoms with E-state index in [4.69, 9.17) is 0 Å². The molecular weight excluding hydrogens is 286 g/mol. The number of unbranched alkanes of at least 4 members (excludes halogenated alkanes) is 1. The van der Waals surface area contributed by atoms with E-state index in [1.165, 1.54) is 0 Å². The molecule has 1 rings (SSSR count). The summed E-state index contributed by atoms with van der Waals surface area (Å²) in [6.45, 7) is 10.6. The van der Waals surface area contributed by atoms with Gasteiger partial charge < -0.3 is 5.32 Å². The van der Waals surface area contributed by atoms with Gasteiger partial charge >= 0.3 is 0 Å². The highest BCUT2D eigenvalue weighted by Crippen LogP contribution is 2.19. The molecule has 1 heterocycles. The molecule has 1 aliphatic rings. The highest BCUT2D eigenvalue weighted by molar-refractivity contribution is 7.87. The van der Waals surface area contributed by atoms with Gasteiger partial charge in [-0.1, -0.05) is 33.6 Å². The predicted octanol–water partition coefficient (Wildman–Crippen LogP) is 2.11. The van der Waals surface area contributed by atoms with E-state index in [9.17, 15) is 8.42 Å². The molecule has 0 saturated carbocycles. The minimum absolute atomic E-state index is 0.0234. The molecule has 0 bridgehead atoms. The third-order valence-electron chi connectivity index (χ3n) is 4.07. The molecule has 1 fully saturated rings. The van der Waals surface area contributed by atoms with Crippen LogP contribution in [0.5, 0.6) is 0 Å². The molecular formula is C15H33N3O2S. The number of rotatable bonds is 9. The van der Waals surface area contributed by atoms with Gasteiger partial charge in [0.1, 0.15) is 0 Å². The van der Waals surface area contributed by atoms with Gasteiger partial charge in [0.05, 0.1) is 0 Å². The van der Waals surface area contributed by atoms with Crippen LogP contribution in [-0.2, 0) is 10.2 Å². The summed E-state index contributed by atoms with van der Waals surface area (Å²) < 4.78 is 29.1. The second-order valence-corrected chi connectivity index (χ2v) is 8.27. The second-order valence-electron chi connectivity index (χ2n) is 6.57. The van der Waals surface area contributed by atoms with Gasteiger partial charge in [-0.15, -0.1) is 0 Å².